The third-order valence-electron chi connectivity index (χ3n) is 5.83. The highest BCUT2D eigenvalue weighted by molar-refractivity contribution is 7.11. The van der Waals surface area contributed by atoms with Gasteiger partial charge in [-0.2, -0.15) is 5.48 Å². The molecule has 0 aromatic carbocycles. The van der Waals surface area contributed by atoms with E-state index in [1.807, 2.05) is 0 Å². The van der Waals surface area contributed by atoms with E-state index in [1.165, 1.54) is 23.3 Å². The van der Waals surface area contributed by atoms with E-state index in [9.17, 15) is 9.59 Å². The molecule has 0 aliphatic carbocycles. The van der Waals surface area contributed by atoms with Crippen LogP contribution < -0.4 is 5.48 Å². The SMILES string of the molecule is C=CCONC1CN(C(=O)OC(C)(C)C)C(C(=O)OC)c2nc(CO[Si](C)(C)C(C)(C)C)sc21. The molecule has 1 N–H and O–H groups in total. The van der Waals surface area contributed by atoms with Crippen LogP contribution in [0.15, 0.2) is 12.7 Å². The van der Waals surface area contributed by atoms with Gasteiger partial charge in [0.25, 0.3) is 0 Å². The normalized spacial score (nSPS) is 18.9. The van der Waals surface area contributed by atoms with Gasteiger partial charge in [0.15, 0.2) is 14.4 Å². The highest BCUT2D eigenvalue weighted by Gasteiger charge is 2.45. The summed E-state index contributed by atoms with van der Waals surface area (Å²) in [5, 5.41) is 0.777. The number of esters is 1. The first-order valence-corrected chi connectivity index (χ1v) is 15.0. The zero-order valence-electron chi connectivity index (χ0n) is 21.8. The zero-order chi connectivity index (χ0) is 25.9. The van der Waals surface area contributed by atoms with Crippen LogP contribution in [-0.4, -0.2) is 56.1 Å². The molecule has 9 nitrogen and oxygen atoms in total. The van der Waals surface area contributed by atoms with Crippen molar-refractivity contribution in [2.45, 2.75) is 84.0 Å². The number of hydroxylamine groups is 1. The summed E-state index contributed by atoms with van der Waals surface area (Å²) in [5.74, 6) is -0.584. The third-order valence-corrected chi connectivity index (χ3v) is 11.5. The minimum Gasteiger partial charge on any atom is -0.467 e. The third kappa shape index (κ3) is 6.88. The van der Waals surface area contributed by atoms with Crippen molar-refractivity contribution < 1.29 is 28.3 Å². The van der Waals surface area contributed by atoms with E-state index in [0.717, 1.165) is 9.88 Å². The van der Waals surface area contributed by atoms with Crippen LogP contribution in [0.3, 0.4) is 0 Å². The number of rotatable bonds is 8. The number of aromatic nitrogens is 1. The smallest absolute Gasteiger partial charge is 0.411 e. The molecule has 0 bridgehead atoms. The van der Waals surface area contributed by atoms with E-state index in [2.05, 4.69) is 45.9 Å². The Balaban J connectivity index is 2.45. The molecule has 2 unspecified atom stereocenters. The van der Waals surface area contributed by atoms with Crippen molar-refractivity contribution in [2.75, 3.05) is 20.3 Å². The van der Waals surface area contributed by atoms with Gasteiger partial charge in [0.2, 0.25) is 0 Å². The molecule has 1 aliphatic heterocycles. The molecule has 0 fully saturated rings. The number of hydrogen-bond donors (Lipinski definition) is 1. The molecule has 1 aromatic rings. The lowest BCUT2D eigenvalue weighted by Crippen LogP contribution is -2.49. The van der Waals surface area contributed by atoms with Gasteiger partial charge < -0.3 is 13.9 Å². The maximum Gasteiger partial charge on any atom is 0.411 e. The summed E-state index contributed by atoms with van der Waals surface area (Å²) in [5.41, 5.74) is 2.69. The summed E-state index contributed by atoms with van der Waals surface area (Å²) in [7, 11) is -0.716. The molecule has 0 saturated heterocycles. The monoisotopic (exact) mass is 513 g/mol. The standard InChI is InChI=1S/C23H39N3O6SSi/c1-11-12-30-25-15-13-26(21(28)32-22(2,3)4)18(20(27)29-8)17-19(15)33-16(24-17)14-31-34(9,10)23(5,6)7/h11,15,18,25H,1,12-14H2,2-10H3. The first-order valence-electron chi connectivity index (χ1n) is 11.3. The van der Waals surface area contributed by atoms with Gasteiger partial charge in [-0.15, -0.1) is 17.9 Å². The second-order valence-corrected chi connectivity index (χ2v) is 16.7. The Morgan fingerprint density at radius 3 is 2.44 bits per heavy atom. The van der Waals surface area contributed by atoms with Crippen molar-refractivity contribution in [3.05, 3.63) is 28.2 Å². The molecule has 1 aliphatic rings. The lowest BCUT2D eigenvalue weighted by Gasteiger charge is -2.37. The van der Waals surface area contributed by atoms with Gasteiger partial charge in [-0.25, -0.2) is 14.6 Å². The minimum atomic E-state index is -2.01. The summed E-state index contributed by atoms with van der Waals surface area (Å²) >= 11 is 1.44. The highest BCUT2D eigenvalue weighted by atomic mass is 32.1. The van der Waals surface area contributed by atoms with Gasteiger partial charge in [0.1, 0.15) is 10.6 Å². The van der Waals surface area contributed by atoms with E-state index >= 15 is 0 Å². The van der Waals surface area contributed by atoms with Crippen molar-refractivity contribution in [3.63, 3.8) is 0 Å². The number of fused-ring (bicyclic) bond motifs is 1. The van der Waals surface area contributed by atoms with Crippen LogP contribution in [0.25, 0.3) is 0 Å². The molecule has 0 radical (unpaired) electrons. The average molecular weight is 514 g/mol. The number of nitrogens with zero attached hydrogens (tertiary/aromatic N) is 2. The first kappa shape index (κ1) is 28.4. The molecule has 0 spiro atoms. The summed E-state index contributed by atoms with van der Waals surface area (Å²) in [6.07, 6.45) is 0.987. The molecule has 11 heteroatoms. The van der Waals surface area contributed by atoms with Gasteiger partial charge in [-0.05, 0) is 38.9 Å². The van der Waals surface area contributed by atoms with Gasteiger partial charge in [0.05, 0.1) is 36.9 Å². The Labute approximate surface area is 207 Å². The summed E-state index contributed by atoms with van der Waals surface area (Å²) in [4.78, 5) is 38.3. The largest absolute Gasteiger partial charge is 0.467 e. The summed E-state index contributed by atoms with van der Waals surface area (Å²) < 4.78 is 17.0. The van der Waals surface area contributed by atoms with Gasteiger partial charge in [0, 0.05) is 6.54 Å². The number of nitrogens with one attached hydrogen (secondary N) is 1. The lowest BCUT2D eigenvalue weighted by atomic mass is 10.0. The molecular formula is C23H39N3O6SSi. The molecule has 2 heterocycles. The van der Waals surface area contributed by atoms with Crippen molar-refractivity contribution in [2.24, 2.45) is 0 Å². The first-order chi connectivity index (χ1) is 15.6. The van der Waals surface area contributed by atoms with Crippen LogP contribution in [0.1, 0.15) is 69.2 Å². The Bertz CT molecular complexity index is 890. The van der Waals surface area contributed by atoms with Crippen molar-refractivity contribution in [1.82, 2.24) is 15.4 Å². The fraction of sp³-hybridized carbons (Fsp3) is 0.696. The zero-order valence-corrected chi connectivity index (χ0v) is 23.6. The van der Waals surface area contributed by atoms with Crippen LogP contribution in [0.2, 0.25) is 18.1 Å². The Morgan fingerprint density at radius 2 is 1.91 bits per heavy atom. The van der Waals surface area contributed by atoms with E-state index in [4.69, 9.17) is 23.7 Å². The van der Waals surface area contributed by atoms with Gasteiger partial charge >= 0.3 is 12.1 Å². The van der Waals surface area contributed by atoms with Gasteiger partial charge in [-0.1, -0.05) is 26.8 Å². The fourth-order valence-corrected chi connectivity index (χ4v) is 5.12. The van der Waals surface area contributed by atoms with E-state index < -0.39 is 38.1 Å². The van der Waals surface area contributed by atoms with E-state index in [0.29, 0.717) is 12.3 Å². The Hall–Kier alpha value is -1.79. The molecular weight excluding hydrogens is 474 g/mol. The number of thiazole rings is 1. The maximum atomic E-state index is 13.1. The van der Waals surface area contributed by atoms with Crippen LogP contribution >= 0.6 is 11.3 Å². The number of amides is 1. The molecule has 34 heavy (non-hydrogen) atoms. The summed E-state index contributed by atoms with van der Waals surface area (Å²) in [6, 6.07) is -1.44. The lowest BCUT2D eigenvalue weighted by molar-refractivity contribution is -0.148. The van der Waals surface area contributed by atoms with Crippen molar-refractivity contribution >= 4 is 31.7 Å². The minimum absolute atomic E-state index is 0.0502. The van der Waals surface area contributed by atoms with Crippen LogP contribution in [0.4, 0.5) is 4.79 Å². The van der Waals surface area contributed by atoms with Crippen LogP contribution in [-0.2, 0) is 30.1 Å². The second kappa shape index (κ2) is 10.9. The maximum absolute atomic E-state index is 13.1. The molecule has 192 valence electrons. The predicted octanol–water partition coefficient (Wildman–Crippen LogP) is 4.88. The number of carbonyl (C=O) groups excluding carboxylic acids is 2. The molecule has 1 amide bonds. The van der Waals surface area contributed by atoms with E-state index in [-0.39, 0.29) is 18.2 Å². The summed E-state index contributed by atoms with van der Waals surface area (Å²) in [6.45, 7) is 20.6. The van der Waals surface area contributed by atoms with Crippen molar-refractivity contribution in [3.8, 4) is 0 Å². The second-order valence-electron chi connectivity index (χ2n) is 10.7. The number of hydrogen-bond acceptors (Lipinski definition) is 9. The Kier molecular flexibility index (Phi) is 9.08. The molecule has 0 saturated carbocycles. The van der Waals surface area contributed by atoms with Gasteiger partial charge in [-0.3, -0.25) is 9.74 Å². The average Bonchev–Trinajstić information content (AvgIpc) is 3.13. The number of carbonyl (C=O) groups is 2. The van der Waals surface area contributed by atoms with E-state index in [1.54, 1.807) is 26.8 Å². The van der Waals surface area contributed by atoms with Crippen molar-refractivity contribution in [1.29, 1.82) is 0 Å². The highest BCUT2D eigenvalue weighted by Crippen LogP contribution is 2.41. The molecule has 1 aromatic heterocycles. The van der Waals surface area contributed by atoms with Crippen LogP contribution in [0.5, 0.6) is 0 Å². The molecule has 2 rings (SSSR count). The fourth-order valence-electron chi connectivity index (χ4n) is 3.04. The number of methoxy groups -OCH3 is 1. The topological polar surface area (TPSA) is 99.2 Å². The Morgan fingerprint density at radius 1 is 1.26 bits per heavy atom. The molecule has 2 atom stereocenters. The number of ether oxygens (including phenoxy) is 2. The van der Waals surface area contributed by atoms with Crippen LogP contribution in [0, 0.1) is 0 Å². The quantitative estimate of drug-likeness (QED) is 0.173. The predicted molar refractivity (Wildman–Crippen MR) is 134 cm³/mol.